The number of aromatic hydroxyl groups is 1. The maximum Gasteiger partial charge on any atom is 0.303 e. The van der Waals surface area contributed by atoms with Gasteiger partial charge >= 0.3 is 5.97 Å². The fourth-order valence-electron chi connectivity index (χ4n) is 3.54. The molecular weight excluding hydrogens is 384 g/mol. The number of amides is 2. The molecule has 0 unspecified atom stereocenters. The lowest BCUT2D eigenvalue weighted by Crippen LogP contribution is -2.30. The number of aliphatic carboxylic acids is 1. The molecule has 30 heavy (non-hydrogen) atoms. The van der Waals surface area contributed by atoms with Gasteiger partial charge in [0, 0.05) is 30.3 Å². The SMILES string of the molecule is Cc1cc(C)cc(-c2cccc(N/C=C3/CC(=O)N(CCCC(=O)O)C3=O)c2O)c1. The first-order valence-electron chi connectivity index (χ1n) is 9.69. The van der Waals surface area contributed by atoms with Crippen molar-refractivity contribution in [2.75, 3.05) is 11.9 Å². The average molecular weight is 408 g/mol. The molecule has 2 aromatic rings. The molecule has 2 aromatic carbocycles. The lowest BCUT2D eigenvalue weighted by molar-refractivity contribution is -0.140. The topological polar surface area (TPSA) is 107 Å². The van der Waals surface area contributed by atoms with Crippen LogP contribution in [0, 0.1) is 13.8 Å². The van der Waals surface area contributed by atoms with E-state index in [4.69, 9.17) is 5.11 Å². The number of aryl methyl sites for hydroxylation is 2. The first kappa shape index (κ1) is 21.1. The van der Waals surface area contributed by atoms with Crippen LogP contribution in [-0.4, -0.2) is 39.4 Å². The molecule has 1 fully saturated rings. The van der Waals surface area contributed by atoms with Crippen molar-refractivity contribution in [2.45, 2.75) is 33.1 Å². The second-order valence-electron chi connectivity index (χ2n) is 7.42. The van der Waals surface area contributed by atoms with Crippen LogP contribution >= 0.6 is 0 Å². The summed E-state index contributed by atoms with van der Waals surface area (Å²) in [6, 6.07) is 11.3. The molecule has 156 valence electrons. The predicted octanol–water partition coefficient (Wildman–Crippen LogP) is 3.60. The third-order valence-corrected chi connectivity index (χ3v) is 4.91. The van der Waals surface area contributed by atoms with E-state index in [9.17, 15) is 19.5 Å². The maximum atomic E-state index is 12.4. The Bertz CT molecular complexity index is 1020. The molecule has 1 heterocycles. The molecule has 0 atom stereocenters. The maximum absolute atomic E-state index is 12.4. The standard InChI is InChI=1S/C23H24N2O5/c1-14-9-15(2)11-16(10-14)18-5-3-6-19(22(18)29)24-13-17-12-20(26)25(23(17)30)8-4-7-21(27)28/h3,5-6,9-11,13,24,29H,4,7-8,12H2,1-2H3,(H,27,28)/b17-13-. The molecule has 1 aliphatic heterocycles. The van der Waals surface area contributed by atoms with Crippen LogP contribution in [-0.2, 0) is 14.4 Å². The van der Waals surface area contributed by atoms with Crippen molar-refractivity contribution in [3.63, 3.8) is 0 Å². The Labute approximate surface area is 174 Å². The fourth-order valence-corrected chi connectivity index (χ4v) is 3.54. The highest BCUT2D eigenvalue weighted by molar-refractivity contribution is 6.13. The van der Waals surface area contributed by atoms with Crippen molar-refractivity contribution < 1.29 is 24.6 Å². The minimum absolute atomic E-state index is 0.0504. The summed E-state index contributed by atoms with van der Waals surface area (Å²) in [5.41, 5.74) is 4.41. The normalized spacial score (nSPS) is 15.1. The van der Waals surface area contributed by atoms with E-state index < -0.39 is 11.9 Å². The van der Waals surface area contributed by atoms with Crippen LogP contribution < -0.4 is 5.32 Å². The fraction of sp³-hybridized carbons (Fsp3) is 0.261. The third-order valence-electron chi connectivity index (χ3n) is 4.91. The summed E-state index contributed by atoms with van der Waals surface area (Å²) in [6.07, 6.45) is 1.48. The number of carboxylic acid groups (broad SMARTS) is 1. The zero-order valence-corrected chi connectivity index (χ0v) is 16.9. The smallest absolute Gasteiger partial charge is 0.303 e. The van der Waals surface area contributed by atoms with Crippen LogP contribution in [0.1, 0.15) is 30.4 Å². The molecular formula is C23H24N2O5. The molecule has 0 saturated carbocycles. The Morgan fingerprint density at radius 2 is 1.87 bits per heavy atom. The van der Waals surface area contributed by atoms with Crippen molar-refractivity contribution in [1.29, 1.82) is 0 Å². The highest BCUT2D eigenvalue weighted by Gasteiger charge is 2.33. The predicted molar refractivity (Wildman–Crippen MR) is 113 cm³/mol. The number of hydrogen-bond donors (Lipinski definition) is 3. The molecule has 3 N–H and O–H groups in total. The number of carbonyl (C=O) groups excluding carboxylic acids is 2. The number of benzene rings is 2. The third kappa shape index (κ3) is 4.68. The van der Waals surface area contributed by atoms with E-state index in [2.05, 4.69) is 11.4 Å². The number of phenolic OH excluding ortho intramolecular Hbond substituents is 1. The lowest BCUT2D eigenvalue weighted by Gasteiger charge is -2.13. The molecule has 7 heteroatoms. The van der Waals surface area contributed by atoms with E-state index in [1.54, 1.807) is 12.1 Å². The van der Waals surface area contributed by atoms with Gasteiger partial charge in [0.25, 0.3) is 5.91 Å². The number of anilines is 1. The highest BCUT2D eigenvalue weighted by atomic mass is 16.4. The monoisotopic (exact) mass is 408 g/mol. The van der Waals surface area contributed by atoms with Gasteiger partial charge < -0.3 is 15.5 Å². The Morgan fingerprint density at radius 3 is 2.53 bits per heavy atom. The summed E-state index contributed by atoms with van der Waals surface area (Å²) in [6.45, 7) is 4.06. The lowest BCUT2D eigenvalue weighted by atomic mass is 9.99. The number of hydrogen-bond acceptors (Lipinski definition) is 5. The number of para-hydroxylation sites is 1. The van der Waals surface area contributed by atoms with Gasteiger partial charge in [-0.25, -0.2) is 0 Å². The zero-order valence-electron chi connectivity index (χ0n) is 16.9. The first-order valence-corrected chi connectivity index (χ1v) is 9.69. The Balaban J connectivity index is 1.77. The molecule has 1 saturated heterocycles. The van der Waals surface area contributed by atoms with Crippen LogP contribution in [0.15, 0.2) is 48.2 Å². The molecule has 0 bridgehead atoms. The minimum atomic E-state index is -0.967. The molecule has 1 aliphatic rings. The summed E-state index contributed by atoms with van der Waals surface area (Å²) < 4.78 is 0. The van der Waals surface area contributed by atoms with Crippen molar-refractivity contribution in [2.24, 2.45) is 0 Å². The van der Waals surface area contributed by atoms with Gasteiger partial charge in [-0.05, 0) is 31.9 Å². The highest BCUT2D eigenvalue weighted by Crippen LogP contribution is 2.36. The Hall–Kier alpha value is -3.61. The van der Waals surface area contributed by atoms with Gasteiger partial charge in [0.2, 0.25) is 5.91 Å². The van der Waals surface area contributed by atoms with Gasteiger partial charge in [0.05, 0.1) is 12.1 Å². The van der Waals surface area contributed by atoms with Crippen molar-refractivity contribution in [3.05, 3.63) is 59.3 Å². The number of phenols is 1. The molecule has 2 amide bonds. The van der Waals surface area contributed by atoms with Crippen molar-refractivity contribution >= 4 is 23.5 Å². The van der Waals surface area contributed by atoms with E-state index in [1.165, 1.54) is 6.20 Å². The van der Waals surface area contributed by atoms with Crippen LogP contribution in [0.4, 0.5) is 5.69 Å². The molecule has 0 radical (unpaired) electrons. The van der Waals surface area contributed by atoms with E-state index in [1.807, 2.05) is 32.0 Å². The summed E-state index contributed by atoms with van der Waals surface area (Å²) in [5.74, 6) is -1.71. The molecule has 0 aromatic heterocycles. The minimum Gasteiger partial charge on any atom is -0.505 e. The van der Waals surface area contributed by atoms with Crippen LogP contribution in [0.25, 0.3) is 11.1 Å². The summed E-state index contributed by atoms with van der Waals surface area (Å²) in [4.78, 5) is 36.2. The van der Waals surface area contributed by atoms with Crippen LogP contribution in [0.5, 0.6) is 5.75 Å². The van der Waals surface area contributed by atoms with E-state index >= 15 is 0 Å². The quantitative estimate of drug-likeness (QED) is 0.367. The van der Waals surface area contributed by atoms with E-state index in [-0.39, 0.29) is 43.0 Å². The second-order valence-corrected chi connectivity index (χ2v) is 7.42. The number of likely N-dealkylation sites (tertiary alicyclic amines) is 1. The Morgan fingerprint density at radius 1 is 1.17 bits per heavy atom. The number of imide groups is 1. The van der Waals surface area contributed by atoms with Crippen molar-refractivity contribution in [3.8, 4) is 16.9 Å². The zero-order chi connectivity index (χ0) is 21.8. The van der Waals surface area contributed by atoms with Gasteiger partial charge in [-0.15, -0.1) is 0 Å². The largest absolute Gasteiger partial charge is 0.505 e. The van der Waals surface area contributed by atoms with E-state index in [0.717, 1.165) is 21.6 Å². The summed E-state index contributed by atoms with van der Waals surface area (Å²) in [7, 11) is 0. The number of nitrogens with zero attached hydrogens (tertiary/aromatic N) is 1. The molecule has 0 spiro atoms. The summed E-state index contributed by atoms with van der Waals surface area (Å²) in [5, 5.41) is 22.4. The van der Waals surface area contributed by atoms with Gasteiger partial charge in [0.15, 0.2) is 0 Å². The van der Waals surface area contributed by atoms with Gasteiger partial charge in [-0.1, -0.05) is 41.5 Å². The Kier molecular flexibility index (Phi) is 6.20. The van der Waals surface area contributed by atoms with Crippen molar-refractivity contribution in [1.82, 2.24) is 4.90 Å². The number of carbonyl (C=O) groups is 3. The number of carboxylic acids is 1. The molecule has 3 rings (SSSR count). The number of rotatable bonds is 7. The van der Waals surface area contributed by atoms with Gasteiger partial charge in [-0.2, -0.15) is 0 Å². The first-order chi connectivity index (χ1) is 14.3. The van der Waals surface area contributed by atoms with E-state index in [0.29, 0.717) is 11.3 Å². The van der Waals surface area contributed by atoms with Crippen LogP contribution in [0.2, 0.25) is 0 Å². The second kappa shape index (κ2) is 8.82. The average Bonchev–Trinajstić information content (AvgIpc) is 2.93. The molecule has 0 aliphatic carbocycles. The number of nitrogens with one attached hydrogen (secondary N) is 1. The summed E-state index contributed by atoms with van der Waals surface area (Å²) >= 11 is 0. The van der Waals surface area contributed by atoms with Gasteiger partial charge in [0.1, 0.15) is 5.75 Å². The van der Waals surface area contributed by atoms with Gasteiger partial charge in [-0.3, -0.25) is 19.3 Å². The molecule has 7 nitrogen and oxygen atoms in total. The van der Waals surface area contributed by atoms with Crippen LogP contribution in [0.3, 0.4) is 0 Å².